The van der Waals surface area contributed by atoms with Crippen molar-refractivity contribution in [1.82, 2.24) is 4.90 Å². The summed E-state index contributed by atoms with van der Waals surface area (Å²) in [6.45, 7) is 6.27. The summed E-state index contributed by atoms with van der Waals surface area (Å²) in [6, 6.07) is 3.53. The zero-order valence-electron chi connectivity index (χ0n) is 13.3. The Morgan fingerprint density at radius 1 is 1.32 bits per heavy atom. The Hall–Kier alpha value is -2.24. The van der Waals surface area contributed by atoms with Gasteiger partial charge in [0.15, 0.2) is 0 Å². The van der Waals surface area contributed by atoms with Crippen LogP contribution in [0.2, 0.25) is 0 Å². The Balaban J connectivity index is 2.66. The number of carbonyl (C=O) groups excluding carboxylic acids is 2. The van der Waals surface area contributed by atoms with Gasteiger partial charge in [-0.3, -0.25) is 0 Å². The van der Waals surface area contributed by atoms with E-state index >= 15 is 0 Å². The second-order valence-corrected chi connectivity index (χ2v) is 4.64. The highest BCUT2D eigenvalue weighted by Gasteiger charge is 2.21. The van der Waals surface area contributed by atoms with E-state index in [-0.39, 0.29) is 12.6 Å². The van der Waals surface area contributed by atoms with E-state index in [4.69, 9.17) is 13.9 Å². The largest absolute Gasteiger partial charge is 0.469 e. The van der Waals surface area contributed by atoms with Crippen molar-refractivity contribution in [3.63, 3.8) is 0 Å². The molecule has 0 saturated heterocycles. The lowest BCUT2D eigenvalue weighted by Crippen LogP contribution is -2.40. The van der Waals surface area contributed by atoms with E-state index in [0.29, 0.717) is 19.6 Å². The number of amides is 1. The van der Waals surface area contributed by atoms with Crippen LogP contribution in [-0.4, -0.2) is 42.8 Å². The highest BCUT2D eigenvalue weighted by atomic mass is 16.6. The summed E-state index contributed by atoms with van der Waals surface area (Å²) in [5.74, 6) is 0.362. The molecule has 1 heterocycles. The SMILES string of the molecule is CCOC(=O)/C=C/CN(C(=O)OCC)C(C)Cc1ccco1. The standard InChI is InChI=1S/C16H23NO5/c1-4-20-15(18)9-6-10-17(16(19)21-5-2)13(3)12-14-8-7-11-22-14/h6-9,11,13H,4-5,10,12H2,1-3H3/b9-6+. The van der Waals surface area contributed by atoms with Gasteiger partial charge in [0.2, 0.25) is 0 Å². The lowest BCUT2D eigenvalue weighted by molar-refractivity contribution is -0.137. The summed E-state index contributed by atoms with van der Waals surface area (Å²) in [5.41, 5.74) is 0. The number of furan rings is 1. The second-order valence-electron chi connectivity index (χ2n) is 4.64. The van der Waals surface area contributed by atoms with Gasteiger partial charge in [-0.25, -0.2) is 9.59 Å². The number of nitrogens with zero attached hydrogens (tertiary/aromatic N) is 1. The predicted molar refractivity (Wildman–Crippen MR) is 81.4 cm³/mol. The predicted octanol–water partition coefficient (Wildman–Crippen LogP) is 2.79. The molecule has 22 heavy (non-hydrogen) atoms. The monoisotopic (exact) mass is 309 g/mol. The van der Waals surface area contributed by atoms with Crippen LogP contribution in [0.3, 0.4) is 0 Å². The molecule has 1 unspecified atom stereocenters. The molecule has 0 fully saturated rings. The van der Waals surface area contributed by atoms with Crippen molar-refractivity contribution in [2.75, 3.05) is 19.8 Å². The van der Waals surface area contributed by atoms with Crippen LogP contribution >= 0.6 is 0 Å². The average Bonchev–Trinajstić information content (AvgIpc) is 2.96. The average molecular weight is 309 g/mol. The lowest BCUT2D eigenvalue weighted by atomic mass is 10.1. The molecular weight excluding hydrogens is 286 g/mol. The first-order valence-corrected chi connectivity index (χ1v) is 7.37. The van der Waals surface area contributed by atoms with Crippen LogP contribution < -0.4 is 0 Å². The molecule has 0 saturated carbocycles. The molecule has 0 aromatic carbocycles. The molecule has 1 amide bonds. The Kier molecular flexibility index (Phi) is 7.81. The second kappa shape index (κ2) is 9.65. The van der Waals surface area contributed by atoms with E-state index in [0.717, 1.165) is 5.76 Å². The quantitative estimate of drug-likeness (QED) is 0.545. The molecule has 1 aromatic heterocycles. The van der Waals surface area contributed by atoms with Crippen molar-refractivity contribution in [2.24, 2.45) is 0 Å². The molecule has 0 radical (unpaired) electrons. The maximum atomic E-state index is 12.0. The number of hydrogen-bond donors (Lipinski definition) is 0. The molecule has 1 atom stereocenters. The van der Waals surface area contributed by atoms with Gasteiger partial charge >= 0.3 is 12.1 Å². The molecule has 0 aliphatic heterocycles. The first-order valence-electron chi connectivity index (χ1n) is 7.37. The number of rotatable bonds is 8. The van der Waals surface area contributed by atoms with E-state index in [1.807, 2.05) is 13.0 Å². The van der Waals surface area contributed by atoms with E-state index in [2.05, 4.69) is 0 Å². The Morgan fingerprint density at radius 2 is 2.05 bits per heavy atom. The van der Waals surface area contributed by atoms with E-state index in [9.17, 15) is 9.59 Å². The summed E-state index contributed by atoms with van der Waals surface area (Å²) in [6.07, 6.45) is 4.65. The van der Waals surface area contributed by atoms with Crippen LogP contribution in [0.15, 0.2) is 35.0 Å². The molecule has 1 rings (SSSR count). The maximum absolute atomic E-state index is 12.0. The van der Waals surface area contributed by atoms with Crippen molar-refractivity contribution in [1.29, 1.82) is 0 Å². The van der Waals surface area contributed by atoms with Crippen LogP contribution in [0.1, 0.15) is 26.5 Å². The molecular formula is C16H23NO5. The zero-order chi connectivity index (χ0) is 16.4. The summed E-state index contributed by atoms with van der Waals surface area (Å²) in [4.78, 5) is 24.9. The summed E-state index contributed by atoms with van der Waals surface area (Å²) >= 11 is 0. The minimum absolute atomic E-state index is 0.128. The summed E-state index contributed by atoms with van der Waals surface area (Å²) in [5, 5.41) is 0. The van der Waals surface area contributed by atoms with Gasteiger partial charge in [0.05, 0.1) is 19.5 Å². The normalized spacial score (nSPS) is 12.1. The Labute approximate surface area is 130 Å². The molecule has 6 heteroatoms. The van der Waals surface area contributed by atoms with E-state index < -0.39 is 12.1 Å². The molecule has 6 nitrogen and oxygen atoms in total. The molecule has 0 aliphatic carbocycles. The van der Waals surface area contributed by atoms with Gasteiger partial charge in [-0.15, -0.1) is 0 Å². The van der Waals surface area contributed by atoms with Crippen molar-refractivity contribution in [3.8, 4) is 0 Å². The Bertz CT molecular complexity index is 481. The number of hydrogen-bond acceptors (Lipinski definition) is 5. The lowest BCUT2D eigenvalue weighted by Gasteiger charge is -2.26. The summed E-state index contributed by atoms with van der Waals surface area (Å²) in [7, 11) is 0. The minimum atomic E-state index is -0.426. The van der Waals surface area contributed by atoms with Gasteiger partial charge in [0.25, 0.3) is 0 Å². The third-order valence-electron chi connectivity index (χ3n) is 2.95. The summed E-state index contributed by atoms with van der Waals surface area (Å²) < 4.78 is 15.2. The van der Waals surface area contributed by atoms with Crippen LogP contribution in [0.4, 0.5) is 4.79 Å². The molecule has 0 N–H and O–H groups in total. The van der Waals surface area contributed by atoms with Crippen molar-refractivity contribution in [3.05, 3.63) is 36.3 Å². The number of carbonyl (C=O) groups is 2. The smallest absolute Gasteiger partial charge is 0.410 e. The molecule has 1 aromatic rings. The van der Waals surface area contributed by atoms with Crippen LogP contribution in [0.5, 0.6) is 0 Å². The van der Waals surface area contributed by atoms with Crippen molar-refractivity contribution in [2.45, 2.75) is 33.2 Å². The zero-order valence-corrected chi connectivity index (χ0v) is 13.3. The van der Waals surface area contributed by atoms with Crippen LogP contribution in [0, 0.1) is 0 Å². The highest BCUT2D eigenvalue weighted by molar-refractivity contribution is 5.82. The number of esters is 1. The fraction of sp³-hybridized carbons (Fsp3) is 0.500. The molecule has 122 valence electrons. The highest BCUT2D eigenvalue weighted by Crippen LogP contribution is 2.11. The maximum Gasteiger partial charge on any atom is 0.410 e. The minimum Gasteiger partial charge on any atom is -0.469 e. The first-order chi connectivity index (χ1) is 10.6. The van der Waals surface area contributed by atoms with Gasteiger partial charge in [0, 0.05) is 25.1 Å². The van der Waals surface area contributed by atoms with Crippen LogP contribution in [-0.2, 0) is 20.7 Å². The van der Waals surface area contributed by atoms with Crippen molar-refractivity contribution >= 4 is 12.1 Å². The Morgan fingerprint density at radius 3 is 2.64 bits per heavy atom. The number of ether oxygens (including phenoxy) is 2. The van der Waals surface area contributed by atoms with Gasteiger partial charge in [-0.1, -0.05) is 6.08 Å². The fourth-order valence-electron chi connectivity index (χ4n) is 1.92. The third-order valence-corrected chi connectivity index (χ3v) is 2.95. The topological polar surface area (TPSA) is 69.0 Å². The van der Waals surface area contributed by atoms with Gasteiger partial charge in [0.1, 0.15) is 5.76 Å². The van der Waals surface area contributed by atoms with E-state index in [1.165, 1.54) is 6.08 Å². The van der Waals surface area contributed by atoms with E-state index in [1.54, 1.807) is 37.2 Å². The van der Waals surface area contributed by atoms with Gasteiger partial charge < -0.3 is 18.8 Å². The molecule has 0 bridgehead atoms. The fourth-order valence-corrected chi connectivity index (χ4v) is 1.92. The molecule has 0 aliphatic rings. The molecule has 0 spiro atoms. The van der Waals surface area contributed by atoms with Gasteiger partial charge in [-0.05, 0) is 32.9 Å². The van der Waals surface area contributed by atoms with Crippen molar-refractivity contribution < 1.29 is 23.5 Å². The first kappa shape index (κ1) is 17.8. The third kappa shape index (κ3) is 6.03. The van der Waals surface area contributed by atoms with Gasteiger partial charge in [-0.2, -0.15) is 0 Å². The van der Waals surface area contributed by atoms with Crippen LogP contribution in [0.25, 0.3) is 0 Å².